The fraction of sp³-hybridized carbons (Fsp3) is 0.500. The molecule has 1 fully saturated rings. The number of methoxy groups -OCH3 is 1. The van der Waals surface area contributed by atoms with E-state index in [2.05, 4.69) is 55.5 Å². The Bertz CT molecular complexity index is 661. The lowest BCUT2D eigenvalue weighted by molar-refractivity contribution is -0.195. The van der Waals surface area contributed by atoms with Crippen LogP contribution in [0.2, 0.25) is 0 Å². The van der Waals surface area contributed by atoms with Crippen LogP contribution in [0.1, 0.15) is 55.9 Å². The highest BCUT2D eigenvalue weighted by atomic mass is 16.7. The first-order chi connectivity index (χ1) is 13.8. The Morgan fingerprint density at radius 3 is 2.04 bits per heavy atom. The molecular weight excluding hydrogens is 352 g/mol. The first-order valence-corrected chi connectivity index (χ1v) is 10.3. The Balaban J connectivity index is 1.83. The van der Waals surface area contributed by atoms with Gasteiger partial charge in [0, 0.05) is 13.5 Å². The van der Waals surface area contributed by atoms with Crippen LogP contribution in [0, 0.1) is 0 Å². The number of hydrogen-bond donors (Lipinski definition) is 0. The summed E-state index contributed by atoms with van der Waals surface area (Å²) in [6, 6.07) is 20.8. The number of ether oxygens (including phenoxy) is 4. The molecule has 28 heavy (non-hydrogen) atoms. The van der Waals surface area contributed by atoms with Crippen LogP contribution in [0.4, 0.5) is 0 Å². The molecule has 152 valence electrons. The molecule has 3 rings (SSSR count). The van der Waals surface area contributed by atoms with Crippen molar-refractivity contribution in [2.75, 3.05) is 20.3 Å². The highest BCUT2D eigenvalue weighted by Crippen LogP contribution is 2.35. The monoisotopic (exact) mass is 384 g/mol. The average molecular weight is 385 g/mol. The summed E-state index contributed by atoms with van der Waals surface area (Å²) in [5.74, 6) is 0. The Morgan fingerprint density at radius 2 is 1.43 bits per heavy atom. The molecule has 0 saturated carbocycles. The zero-order valence-electron chi connectivity index (χ0n) is 17.0. The number of benzene rings is 2. The van der Waals surface area contributed by atoms with Crippen LogP contribution in [0.15, 0.2) is 60.7 Å². The minimum absolute atomic E-state index is 0.0147. The van der Waals surface area contributed by atoms with Crippen molar-refractivity contribution < 1.29 is 18.9 Å². The van der Waals surface area contributed by atoms with Gasteiger partial charge in [0.1, 0.15) is 0 Å². The Kier molecular flexibility index (Phi) is 8.49. The quantitative estimate of drug-likeness (QED) is 0.620. The van der Waals surface area contributed by atoms with Crippen LogP contribution < -0.4 is 0 Å². The molecule has 0 aliphatic carbocycles. The Hall–Kier alpha value is -1.72. The summed E-state index contributed by atoms with van der Waals surface area (Å²) in [6.07, 6.45) is 3.46. The zero-order chi connectivity index (χ0) is 19.6. The molecule has 1 aliphatic rings. The van der Waals surface area contributed by atoms with E-state index in [1.54, 1.807) is 7.11 Å². The van der Waals surface area contributed by atoms with Gasteiger partial charge in [-0.25, -0.2) is 0 Å². The zero-order valence-corrected chi connectivity index (χ0v) is 17.0. The molecule has 2 aromatic rings. The van der Waals surface area contributed by atoms with E-state index >= 15 is 0 Å². The standard InChI is InChI=1S/C24H32O4/c1-19-10-9-15-24(26-17-16-25-2)28-23(21-13-7-4-8-14-21)18-22(27-19)20-11-5-3-6-12-20/h3-8,11-14,19,22-24H,9-10,15-18H2,1-2H3/t19-,22-,23-,24+/m0/s1. The van der Waals surface area contributed by atoms with E-state index in [-0.39, 0.29) is 24.6 Å². The van der Waals surface area contributed by atoms with Crippen molar-refractivity contribution >= 4 is 0 Å². The van der Waals surface area contributed by atoms with Crippen LogP contribution in [-0.4, -0.2) is 32.7 Å². The van der Waals surface area contributed by atoms with Crippen molar-refractivity contribution in [3.63, 3.8) is 0 Å². The molecule has 0 unspecified atom stereocenters. The van der Waals surface area contributed by atoms with E-state index < -0.39 is 0 Å². The average Bonchev–Trinajstić information content (AvgIpc) is 2.73. The second-order valence-corrected chi connectivity index (χ2v) is 7.34. The van der Waals surface area contributed by atoms with Crippen LogP contribution in [0.5, 0.6) is 0 Å². The normalized spacial score (nSPS) is 26.6. The molecule has 2 aromatic carbocycles. The molecule has 0 N–H and O–H groups in total. The smallest absolute Gasteiger partial charge is 0.158 e. The van der Waals surface area contributed by atoms with E-state index in [0.29, 0.717) is 13.2 Å². The molecule has 0 spiro atoms. The van der Waals surface area contributed by atoms with Gasteiger partial charge < -0.3 is 18.9 Å². The Labute approximate surface area is 168 Å². The Morgan fingerprint density at radius 1 is 0.821 bits per heavy atom. The third-order valence-corrected chi connectivity index (χ3v) is 5.13. The third kappa shape index (κ3) is 6.42. The van der Waals surface area contributed by atoms with Gasteiger partial charge in [0.15, 0.2) is 6.29 Å². The predicted octanol–water partition coefficient (Wildman–Crippen LogP) is 5.45. The van der Waals surface area contributed by atoms with Gasteiger partial charge in [-0.1, -0.05) is 60.7 Å². The minimum Gasteiger partial charge on any atom is -0.382 e. The molecular formula is C24H32O4. The van der Waals surface area contributed by atoms with Crippen molar-refractivity contribution in [1.82, 2.24) is 0 Å². The van der Waals surface area contributed by atoms with Crippen molar-refractivity contribution in [2.24, 2.45) is 0 Å². The lowest BCUT2D eigenvalue weighted by Crippen LogP contribution is -2.26. The molecule has 4 nitrogen and oxygen atoms in total. The molecule has 1 aliphatic heterocycles. The summed E-state index contributed by atoms with van der Waals surface area (Å²) in [5, 5.41) is 0. The maximum Gasteiger partial charge on any atom is 0.158 e. The topological polar surface area (TPSA) is 36.9 Å². The van der Waals surface area contributed by atoms with Gasteiger partial charge >= 0.3 is 0 Å². The molecule has 4 atom stereocenters. The number of hydrogen-bond acceptors (Lipinski definition) is 4. The van der Waals surface area contributed by atoms with Crippen molar-refractivity contribution in [1.29, 1.82) is 0 Å². The van der Waals surface area contributed by atoms with E-state index in [9.17, 15) is 0 Å². The van der Waals surface area contributed by atoms with E-state index in [0.717, 1.165) is 31.2 Å². The maximum absolute atomic E-state index is 6.49. The van der Waals surface area contributed by atoms with Gasteiger partial charge in [0.2, 0.25) is 0 Å². The molecule has 1 heterocycles. The lowest BCUT2D eigenvalue weighted by atomic mass is 9.97. The fourth-order valence-electron chi connectivity index (χ4n) is 3.63. The largest absolute Gasteiger partial charge is 0.382 e. The highest BCUT2D eigenvalue weighted by molar-refractivity contribution is 5.21. The summed E-state index contributed by atoms with van der Waals surface area (Å²) >= 11 is 0. The summed E-state index contributed by atoms with van der Waals surface area (Å²) in [4.78, 5) is 0. The van der Waals surface area contributed by atoms with E-state index in [1.807, 2.05) is 12.1 Å². The van der Waals surface area contributed by atoms with Gasteiger partial charge in [-0.2, -0.15) is 0 Å². The summed E-state index contributed by atoms with van der Waals surface area (Å²) in [7, 11) is 1.69. The summed E-state index contributed by atoms with van der Waals surface area (Å²) < 4.78 is 24.1. The van der Waals surface area contributed by atoms with Gasteiger partial charge in [-0.3, -0.25) is 0 Å². The summed E-state index contributed by atoms with van der Waals surface area (Å²) in [5.41, 5.74) is 2.34. The van der Waals surface area contributed by atoms with Gasteiger partial charge in [-0.05, 0) is 37.3 Å². The van der Waals surface area contributed by atoms with Crippen LogP contribution in [0.3, 0.4) is 0 Å². The first kappa shape index (κ1) is 21.0. The van der Waals surface area contributed by atoms with Crippen LogP contribution in [-0.2, 0) is 18.9 Å². The highest BCUT2D eigenvalue weighted by Gasteiger charge is 2.27. The summed E-state index contributed by atoms with van der Waals surface area (Å²) in [6.45, 7) is 3.27. The lowest BCUT2D eigenvalue weighted by Gasteiger charge is -2.32. The van der Waals surface area contributed by atoms with Gasteiger partial charge in [0.25, 0.3) is 0 Å². The fourth-order valence-corrected chi connectivity index (χ4v) is 3.63. The van der Waals surface area contributed by atoms with Crippen LogP contribution >= 0.6 is 0 Å². The second-order valence-electron chi connectivity index (χ2n) is 7.34. The van der Waals surface area contributed by atoms with Crippen molar-refractivity contribution in [2.45, 2.75) is 57.2 Å². The number of rotatable bonds is 6. The molecule has 0 amide bonds. The van der Waals surface area contributed by atoms with Crippen molar-refractivity contribution in [3.05, 3.63) is 71.8 Å². The molecule has 0 aromatic heterocycles. The van der Waals surface area contributed by atoms with Gasteiger partial charge in [0.05, 0.1) is 31.5 Å². The molecule has 0 radical (unpaired) electrons. The predicted molar refractivity (Wildman–Crippen MR) is 110 cm³/mol. The SMILES string of the molecule is COCCO[C@H]1CCC[C@H](C)O[C@H](c2ccccc2)C[C@@H](c2ccccc2)O1. The van der Waals surface area contributed by atoms with Crippen molar-refractivity contribution in [3.8, 4) is 0 Å². The van der Waals surface area contributed by atoms with Crippen LogP contribution in [0.25, 0.3) is 0 Å². The van der Waals surface area contributed by atoms with E-state index in [1.165, 1.54) is 5.56 Å². The van der Waals surface area contributed by atoms with Gasteiger partial charge in [-0.15, -0.1) is 0 Å². The second kappa shape index (κ2) is 11.3. The molecule has 1 saturated heterocycles. The third-order valence-electron chi connectivity index (χ3n) is 5.13. The maximum atomic E-state index is 6.49. The molecule has 0 bridgehead atoms. The minimum atomic E-state index is -0.234. The first-order valence-electron chi connectivity index (χ1n) is 10.3. The molecule has 4 heteroatoms. The van der Waals surface area contributed by atoms with E-state index in [4.69, 9.17) is 18.9 Å².